The summed E-state index contributed by atoms with van der Waals surface area (Å²) in [6, 6.07) is 13.4. The topological polar surface area (TPSA) is 61.6 Å². The minimum Gasteiger partial charge on any atom is -0.339 e. The summed E-state index contributed by atoms with van der Waals surface area (Å²) in [6.07, 6.45) is 1.84. The molecule has 0 unspecified atom stereocenters. The highest BCUT2D eigenvalue weighted by Crippen LogP contribution is 2.31. The van der Waals surface area contributed by atoms with Crippen LogP contribution >= 0.6 is 35.0 Å². The van der Waals surface area contributed by atoms with Crippen LogP contribution in [-0.4, -0.2) is 16.2 Å². The van der Waals surface area contributed by atoms with Crippen molar-refractivity contribution in [3.8, 4) is 17.3 Å². The van der Waals surface area contributed by atoms with Crippen molar-refractivity contribution in [3.05, 3.63) is 63.9 Å². The molecule has 0 saturated heterocycles. The Morgan fingerprint density at radius 1 is 1.12 bits per heavy atom. The van der Waals surface area contributed by atoms with Crippen LogP contribution in [0.2, 0.25) is 10.0 Å². The number of rotatable bonds is 4. The Balaban J connectivity index is 2.12. The molecule has 0 atom stereocenters. The number of anilines is 2. The van der Waals surface area contributed by atoms with Crippen molar-refractivity contribution in [3.63, 3.8) is 0 Å². The monoisotopic (exact) mass is 404 g/mol. The van der Waals surface area contributed by atoms with Gasteiger partial charge in [-0.3, -0.25) is 0 Å². The van der Waals surface area contributed by atoms with Crippen LogP contribution in [0.4, 0.5) is 15.9 Å². The maximum Gasteiger partial charge on any atom is 0.189 e. The Labute approximate surface area is 164 Å². The Kier molecular flexibility index (Phi) is 5.62. The van der Waals surface area contributed by atoms with Crippen LogP contribution in [0, 0.1) is 17.1 Å². The molecule has 0 aliphatic rings. The van der Waals surface area contributed by atoms with Crippen molar-refractivity contribution < 1.29 is 4.39 Å². The quantitative estimate of drug-likeness (QED) is 0.431. The number of nitrogens with one attached hydrogen (secondary N) is 1. The van der Waals surface area contributed by atoms with E-state index in [2.05, 4.69) is 21.4 Å². The number of halogens is 3. The van der Waals surface area contributed by atoms with Gasteiger partial charge in [0.05, 0.1) is 10.7 Å². The fourth-order valence-electron chi connectivity index (χ4n) is 2.26. The lowest BCUT2D eigenvalue weighted by atomic mass is 10.1. The van der Waals surface area contributed by atoms with Gasteiger partial charge in [0.25, 0.3) is 0 Å². The maximum atomic E-state index is 13.4. The molecule has 0 fully saturated rings. The van der Waals surface area contributed by atoms with Gasteiger partial charge in [-0.1, -0.05) is 47.1 Å². The molecule has 0 aliphatic heterocycles. The lowest BCUT2D eigenvalue weighted by Gasteiger charge is -2.12. The van der Waals surface area contributed by atoms with E-state index in [0.717, 1.165) is 5.56 Å². The molecule has 1 aromatic heterocycles. The van der Waals surface area contributed by atoms with Gasteiger partial charge in [-0.15, -0.1) is 0 Å². The number of hydrogen-bond donors (Lipinski definition) is 1. The summed E-state index contributed by atoms with van der Waals surface area (Å²) >= 11 is 13.1. The van der Waals surface area contributed by atoms with Crippen LogP contribution in [0.15, 0.2) is 47.6 Å². The minimum absolute atomic E-state index is 0.0226. The van der Waals surface area contributed by atoms with E-state index < -0.39 is 5.82 Å². The fourth-order valence-corrected chi connectivity index (χ4v) is 2.93. The van der Waals surface area contributed by atoms with Crippen molar-refractivity contribution >= 4 is 46.5 Å². The van der Waals surface area contributed by atoms with Crippen LogP contribution in [0.25, 0.3) is 11.3 Å². The molecule has 0 aliphatic carbocycles. The Morgan fingerprint density at radius 3 is 2.46 bits per heavy atom. The highest BCUT2D eigenvalue weighted by atomic mass is 35.5. The molecule has 130 valence electrons. The van der Waals surface area contributed by atoms with Crippen molar-refractivity contribution in [1.29, 1.82) is 5.26 Å². The summed E-state index contributed by atoms with van der Waals surface area (Å²) in [7, 11) is 0. The third-order valence-electron chi connectivity index (χ3n) is 3.48. The molecule has 3 aromatic rings. The van der Waals surface area contributed by atoms with E-state index in [9.17, 15) is 9.65 Å². The molecule has 4 nitrogen and oxygen atoms in total. The fraction of sp³-hybridized carbons (Fsp3) is 0.0556. The van der Waals surface area contributed by atoms with Gasteiger partial charge in [0.2, 0.25) is 0 Å². The molecule has 26 heavy (non-hydrogen) atoms. The second-order valence-electron chi connectivity index (χ2n) is 5.16. The summed E-state index contributed by atoms with van der Waals surface area (Å²) in [5.74, 6) is -0.202. The zero-order valence-electron chi connectivity index (χ0n) is 13.4. The van der Waals surface area contributed by atoms with Gasteiger partial charge in [-0.25, -0.2) is 14.4 Å². The first-order chi connectivity index (χ1) is 12.5. The number of thioether (sulfide) groups is 1. The second kappa shape index (κ2) is 7.92. The highest BCUT2D eigenvalue weighted by Gasteiger charge is 2.16. The van der Waals surface area contributed by atoms with Crippen LogP contribution in [0.5, 0.6) is 0 Å². The molecule has 0 spiro atoms. The second-order valence-corrected chi connectivity index (χ2v) is 6.77. The van der Waals surface area contributed by atoms with Gasteiger partial charge in [0, 0.05) is 16.3 Å². The zero-order valence-corrected chi connectivity index (χ0v) is 15.8. The number of nitriles is 1. The predicted molar refractivity (Wildman–Crippen MR) is 104 cm³/mol. The van der Waals surface area contributed by atoms with E-state index in [-0.39, 0.29) is 10.6 Å². The first-order valence-electron chi connectivity index (χ1n) is 7.36. The number of aromatic nitrogens is 2. The first-order valence-corrected chi connectivity index (χ1v) is 9.34. The van der Waals surface area contributed by atoms with Crippen LogP contribution in [0.1, 0.15) is 5.56 Å². The molecule has 2 aromatic carbocycles. The van der Waals surface area contributed by atoms with E-state index in [0.29, 0.717) is 27.4 Å². The Hall–Kier alpha value is -2.33. The van der Waals surface area contributed by atoms with Gasteiger partial charge in [0.15, 0.2) is 11.0 Å². The molecule has 0 bridgehead atoms. The molecule has 1 N–H and O–H groups in total. The summed E-state index contributed by atoms with van der Waals surface area (Å²) in [6.45, 7) is 0. The van der Waals surface area contributed by atoms with E-state index in [1.165, 1.54) is 30.0 Å². The van der Waals surface area contributed by atoms with Gasteiger partial charge < -0.3 is 5.32 Å². The Morgan fingerprint density at radius 2 is 1.85 bits per heavy atom. The van der Waals surface area contributed by atoms with Gasteiger partial charge >= 0.3 is 0 Å². The van der Waals surface area contributed by atoms with Crippen molar-refractivity contribution in [2.75, 3.05) is 11.6 Å². The smallest absolute Gasteiger partial charge is 0.189 e. The first kappa shape index (κ1) is 18.5. The number of benzene rings is 2. The predicted octanol–water partition coefficient (Wildman–Crippen LogP) is 5.93. The van der Waals surface area contributed by atoms with E-state index in [4.69, 9.17) is 23.2 Å². The summed E-state index contributed by atoms with van der Waals surface area (Å²) in [4.78, 5) is 8.82. The molecular weight excluding hydrogens is 394 g/mol. The molecule has 0 radical (unpaired) electrons. The SMILES string of the molecule is CSc1nc(Nc2ccc(F)c(Cl)c2)c(C#N)c(-c2ccc(Cl)cc2)n1. The van der Waals surface area contributed by atoms with Crippen LogP contribution in [0.3, 0.4) is 0 Å². The molecule has 1 heterocycles. The maximum absolute atomic E-state index is 13.4. The summed E-state index contributed by atoms with van der Waals surface area (Å²) < 4.78 is 13.4. The van der Waals surface area contributed by atoms with E-state index >= 15 is 0 Å². The van der Waals surface area contributed by atoms with Gasteiger partial charge in [0.1, 0.15) is 17.4 Å². The highest BCUT2D eigenvalue weighted by molar-refractivity contribution is 7.98. The summed E-state index contributed by atoms with van der Waals surface area (Å²) in [5, 5.41) is 13.7. The van der Waals surface area contributed by atoms with Gasteiger partial charge in [-0.05, 0) is 36.6 Å². The van der Waals surface area contributed by atoms with Crippen LogP contribution < -0.4 is 5.32 Å². The van der Waals surface area contributed by atoms with E-state index in [1.807, 2.05) is 6.26 Å². The average Bonchev–Trinajstić information content (AvgIpc) is 2.64. The zero-order chi connectivity index (χ0) is 18.7. The minimum atomic E-state index is -0.521. The van der Waals surface area contributed by atoms with Crippen molar-refractivity contribution in [2.24, 2.45) is 0 Å². The Bertz CT molecular complexity index is 1000. The number of nitrogens with zero attached hydrogens (tertiary/aromatic N) is 3. The van der Waals surface area contributed by atoms with E-state index in [1.54, 1.807) is 24.3 Å². The molecule has 0 amide bonds. The third-order valence-corrected chi connectivity index (χ3v) is 4.57. The normalized spacial score (nSPS) is 10.4. The molecule has 8 heteroatoms. The summed E-state index contributed by atoms with van der Waals surface area (Å²) in [5.41, 5.74) is 2.01. The van der Waals surface area contributed by atoms with Crippen molar-refractivity contribution in [2.45, 2.75) is 5.16 Å². The standard InChI is InChI=1S/C18H11Cl2FN4S/c1-26-18-24-16(10-2-4-11(19)5-3-10)13(9-22)17(25-18)23-12-6-7-15(21)14(20)8-12/h2-8H,1H3,(H,23,24,25). The van der Waals surface area contributed by atoms with Crippen molar-refractivity contribution in [1.82, 2.24) is 9.97 Å². The molecule has 3 rings (SSSR count). The lowest BCUT2D eigenvalue weighted by molar-refractivity contribution is 0.628. The van der Waals surface area contributed by atoms with Crippen LogP contribution in [-0.2, 0) is 0 Å². The lowest BCUT2D eigenvalue weighted by Crippen LogP contribution is -2.03. The largest absolute Gasteiger partial charge is 0.339 e. The molecular formula is C18H11Cl2FN4S. The average molecular weight is 405 g/mol. The third kappa shape index (κ3) is 3.91. The number of hydrogen-bond acceptors (Lipinski definition) is 5. The molecule has 0 saturated carbocycles. The van der Waals surface area contributed by atoms with Gasteiger partial charge in [-0.2, -0.15) is 5.26 Å².